The molecule has 20 heavy (non-hydrogen) atoms. The topological polar surface area (TPSA) is 29.4 Å². The molecule has 1 atom stereocenters. The molecule has 1 aromatic rings. The fourth-order valence-corrected chi connectivity index (χ4v) is 2.56. The summed E-state index contributed by atoms with van der Waals surface area (Å²) >= 11 is 0. The summed E-state index contributed by atoms with van der Waals surface area (Å²) in [7, 11) is 0. The summed E-state index contributed by atoms with van der Waals surface area (Å²) < 4.78 is 0. The quantitative estimate of drug-likeness (QED) is 0.527. The molecule has 0 bridgehead atoms. The van der Waals surface area contributed by atoms with Crippen molar-refractivity contribution < 1.29 is 0 Å². The Morgan fingerprint density at radius 2 is 1.55 bits per heavy atom. The van der Waals surface area contributed by atoms with Crippen LogP contribution in [0.1, 0.15) is 72.3 Å². The maximum absolute atomic E-state index is 10.6. The van der Waals surface area contributed by atoms with Crippen molar-refractivity contribution in [2.45, 2.75) is 66.7 Å². The summed E-state index contributed by atoms with van der Waals surface area (Å²) in [5.41, 5.74) is 2.42. The zero-order valence-electron chi connectivity index (χ0n) is 13.9. The molecule has 2 heteroatoms. The van der Waals surface area contributed by atoms with Gasteiger partial charge in [0.1, 0.15) is 5.69 Å². The number of nitrogens with zero attached hydrogens (tertiary/aromatic N) is 1. The Bertz CT molecular complexity index is 431. The van der Waals surface area contributed by atoms with Crippen LogP contribution in [0.2, 0.25) is 0 Å². The van der Waals surface area contributed by atoms with Crippen molar-refractivity contribution >= 4 is 5.69 Å². The molecule has 0 aliphatic carbocycles. The van der Waals surface area contributed by atoms with E-state index < -0.39 is 0 Å². The fraction of sp³-hybridized carbons (Fsp3) is 0.667. The first kappa shape index (κ1) is 16.9. The second kappa shape index (κ2) is 6.51. The molecule has 112 valence electrons. The molecule has 0 spiro atoms. The van der Waals surface area contributed by atoms with Crippen molar-refractivity contribution in [3.8, 4) is 0 Å². The van der Waals surface area contributed by atoms with Gasteiger partial charge in [-0.15, -0.1) is 4.91 Å². The monoisotopic (exact) mass is 275 g/mol. The lowest BCUT2D eigenvalue weighted by Gasteiger charge is -2.39. The third-order valence-corrected chi connectivity index (χ3v) is 4.97. The molecule has 0 aromatic heterocycles. The molecule has 0 aliphatic heterocycles. The number of rotatable bonds is 7. The highest BCUT2D eigenvalue weighted by Gasteiger charge is 2.33. The molecule has 0 N–H and O–H groups in total. The van der Waals surface area contributed by atoms with Crippen molar-refractivity contribution in [1.82, 2.24) is 0 Å². The van der Waals surface area contributed by atoms with Gasteiger partial charge in [0.05, 0.1) is 0 Å². The minimum atomic E-state index is 0.253. The van der Waals surface area contributed by atoms with Crippen LogP contribution < -0.4 is 0 Å². The number of benzene rings is 1. The van der Waals surface area contributed by atoms with E-state index in [9.17, 15) is 4.91 Å². The van der Waals surface area contributed by atoms with Crippen LogP contribution in [0, 0.1) is 15.7 Å². The van der Waals surface area contributed by atoms with E-state index in [1.807, 2.05) is 12.1 Å². The number of nitroso groups, excluding NO2 is 1. The van der Waals surface area contributed by atoms with Gasteiger partial charge in [-0.3, -0.25) is 0 Å². The van der Waals surface area contributed by atoms with Gasteiger partial charge in [0.15, 0.2) is 0 Å². The van der Waals surface area contributed by atoms with E-state index in [-0.39, 0.29) is 5.41 Å². The summed E-state index contributed by atoms with van der Waals surface area (Å²) in [6, 6.07) is 7.81. The van der Waals surface area contributed by atoms with Crippen LogP contribution in [0.3, 0.4) is 0 Å². The van der Waals surface area contributed by atoms with E-state index >= 15 is 0 Å². The summed E-state index contributed by atoms with van der Waals surface area (Å²) in [4.78, 5) is 10.6. The Morgan fingerprint density at radius 1 is 1.00 bits per heavy atom. The first-order chi connectivity index (χ1) is 9.25. The third-order valence-electron chi connectivity index (χ3n) is 4.97. The van der Waals surface area contributed by atoms with E-state index in [0.717, 1.165) is 12.8 Å². The average molecular weight is 275 g/mol. The molecule has 0 amide bonds. The van der Waals surface area contributed by atoms with Gasteiger partial charge in [0.25, 0.3) is 0 Å². The highest BCUT2D eigenvalue weighted by Crippen LogP contribution is 2.46. The molecule has 0 aliphatic rings. The highest BCUT2D eigenvalue weighted by molar-refractivity contribution is 5.40. The first-order valence-corrected chi connectivity index (χ1v) is 7.69. The molecule has 1 unspecified atom stereocenters. The third kappa shape index (κ3) is 4.16. The molecule has 0 heterocycles. The van der Waals surface area contributed by atoms with Crippen LogP contribution in [0.15, 0.2) is 29.4 Å². The van der Waals surface area contributed by atoms with E-state index in [2.05, 4.69) is 58.9 Å². The lowest BCUT2D eigenvalue weighted by molar-refractivity contribution is 0.188. The van der Waals surface area contributed by atoms with E-state index in [1.165, 1.54) is 12.0 Å². The van der Waals surface area contributed by atoms with Crippen LogP contribution in [0.25, 0.3) is 0 Å². The molecule has 0 radical (unpaired) electrons. The Hall–Kier alpha value is -1.18. The number of hydrogen-bond donors (Lipinski definition) is 0. The van der Waals surface area contributed by atoms with Gasteiger partial charge in [-0.25, -0.2) is 0 Å². The van der Waals surface area contributed by atoms with Crippen LogP contribution in [0.5, 0.6) is 0 Å². The SMILES string of the molecule is CCC(C)(C)CC(c1ccc(N=O)cc1)C(C)(C)CC. The van der Waals surface area contributed by atoms with Gasteiger partial charge in [-0.05, 0) is 46.0 Å². The second-order valence-electron chi connectivity index (χ2n) is 7.30. The largest absolute Gasteiger partial charge is 0.145 e. The molecular formula is C18H29NO. The van der Waals surface area contributed by atoms with Gasteiger partial charge in [-0.1, -0.05) is 66.5 Å². The van der Waals surface area contributed by atoms with Gasteiger partial charge in [0.2, 0.25) is 0 Å². The molecular weight excluding hydrogens is 246 g/mol. The lowest BCUT2D eigenvalue weighted by atomic mass is 9.66. The molecule has 0 saturated heterocycles. The van der Waals surface area contributed by atoms with Crippen molar-refractivity contribution in [3.05, 3.63) is 34.7 Å². The predicted molar refractivity (Wildman–Crippen MR) is 87.4 cm³/mol. The Morgan fingerprint density at radius 3 is 1.95 bits per heavy atom. The van der Waals surface area contributed by atoms with Crippen LogP contribution in [-0.4, -0.2) is 0 Å². The van der Waals surface area contributed by atoms with Gasteiger partial charge in [-0.2, -0.15) is 0 Å². The highest BCUT2D eigenvalue weighted by atomic mass is 16.3. The van der Waals surface area contributed by atoms with Crippen LogP contribution in [-0.2, 0) is 0 Å². The summed E-state index contributed by atoms with van der Waals surface area (Å²) in [6.07, 6.45) is 3.49. The Labute approximate surface area is 124 Å². The normalized spacial score (nSPS) is 14.1. The zero-order chi connectivity index (χ0) is 15.4. The maximum atomic E-state index is 10.6. The average Bonchev–Trinajstić information content (AvgIpc) is 2.45. The molecule has 0 fully saturated rings. The van der Waals surface area contributed by atoms with Crippen LogP contribution in [0.4, 0.5) is 5.69 Å². The van der Waals surface area contributed by atoms with E-state index in [0.29, 0.717) is 17.0 Å². The molecule has 0 saturated carbocycles. The molecule has 1 rings (SSSR count). The minimum Gasteiger partial charge on any atom is -0.145 e. The van der Waals surface area contributed by atoms with Gasteiger partial charge in [0, 0.05) is 0 Å². The summed E-state index contributed by atoms with van der Waals surface area (Å²) in [5.74, 6) is 0.503. The van der Waals surface area contributed by atoms with E-state index in [4.69, 9.17) is 0 Å². The Kier molecular flexibility index (Phi) is 5.50. The maximum Gasteiger partial charge on any atom is 0.108 e. The molecule has 1 aromatic carbocycles. The fourth-order valence-electron chi connectivity index (χ4n) is 2.56. The second-order valence-corrected chi connectivity index (χ2v) is 7.30. The van der Waals surface area contributed by atoms with Gasteiger partial charge >= 0.3 is 0 Å². The van der Waals surface area contributed by atoms with Crippen molar-refractivity contribution in [2.75, 3.05) is 0 Å². The number of hydrogen-bond acceptors (Lipinski definition) is 2. The summed E-state index contributed by atoms with van der Waals surface area (Å²) in [5, 5.41) is 2.99. The van der Waals surface area contributed by atoms with Crippen molar-refractivity contribution in [2.24, 2.45) is 16.0 Å². The van der Waals surface area contributed by atoms with Crippen LogP contribution >= 0.6 is 0 Å². The minimum absolute atomic E-state index is 0.253. The van der Waals surface area contributed by atoms with Crippen molar-refractivity contribution in [1.29, 1.82) is 0 Å². The van der Waals surface area contributed by atoms with Crippen molar-refractivity contribution in [3.63, 3.8) is 0 Å². The molecule has 2 nitrogen and oxygen atoms in total. The van der Waals surface area contributed by atoms with E-state index in [1.54, 1.807) is 0 Å². The smallest absolute Gasteiger partial charge is 0.108 e. The first-order valence-electron chi connectivity index (χ1n) is 7.69. The predicted octanol–water partition coefficient (Wildman–Crippen LogP) is 6.43. The Balaban J connectivity index is 3.12. The summed E-state index contributed by atoms with van der Waals surface area (Å²) in [6.45, 7) is 13.9. The van der Waals surface area contributed by atoms with Gasteiger partial charge < -0.3 is 0 Å². The zero-order valence-corrected chi connectivity index (χ0v) is 13.9. The standard InChI is InChI=1S/C18H29NO/c1-7-17(3,4)13-16(18(5,6)8-2)14-9-11-15(19-20)12-10-14/h9-12,16H,7-8,13H2,1-6H3. The lowest BCUT2D eigenvalue weighted by Crippen LogP contribution is -2.26.